The minimum Gasteiger partial charge on any atom is -0.265 e. The van der Waals surface area contributed by atoms with Crippen LogP contribution in [0.1, 0.15) is 132 Å². The lowest BCUT2D eigenvalue weighted by molar-refractivity contribution is 0.569. The molecule has 0 N–H and O–H groups in total. The molecule has 4 heterocycles. The van der Waals surface area contributed by atoms with Gasteiger partial charge in [0.2, 0.25) is 0 Å². The minimum atomic E-state index is 0.182. The molecule has 0 amide bonds. The molecule has 0 spiro atoms. The van der Waals surface area contributed by atoms with Gasteiger partial charge in [-0.3, -0.25) is 19.9 Å². The van der Waals surface area contributed by atoms with Crippen LogP contribution in [0.25, 0.3) is 0 Å². The molecule has 5 rings (SSSR count). The Kier molecular flexibility index (Phi) is 17.4. The van der Waals surface area contributed by atoms with Crippen molar-refractivity contribution in [3.05, 3.63) is 156 Å². The van der Waals surface area contributed by atoms with Crippen LogP contribution in [0.3, 0.4) is 0 Å². The minimum absolute atomic E-state index is 0.182. The van der Waals surface area contributed by atoms with Crippen molar-refractivity contribution in [3.8, 4) is 0 Å². The average molecular weight is 675 g/mol. The highest BCUT2D eigenvalue weighted by Crippen LogP contribution is 2.23. The van der Waals surface area contributed by atoms with Crippen LogP contribution < -0.4 is 0 Å². The molecule has 270 valence electrons. The van der Waals surface area contributed by atoms with Gasteiger partial charge in [-0.25, -0.2) is 0 Å². The number of hydrogen-bond donors (Lipinski definition) is 0. The summed E-state index contributed by atoms with van der Waals surface area (Å²) in [7, 11) is 0. The molecule has 0 saturated heterocycles. The highest BCUT2D eigenvalue weighted by Gasteiger charge is 2.15. The molecule has 0 radical (unpaired) electrons. The molecule has 50 heavy (non-hydrogen) atoms. The van der Waals surface area contributed by atoms with E-state index >= 15 is 0 Å². The predicted molar refractivity (Wildman–Crippen MR) is 217 cm³/mol. The molecular weight excluding hydrogens is 609 g/mol. The van der Waals surface area contributed by atoms with E-state index in [4.69, 9.17) is 0 Å². The van der Waals surface area contributed by atoms with Gasteiger partial charge in [0.05, 0.1) is 0 Å². The van der Waals surface area contributed by atoms with E-state index < -0.39 is 0 Å². The molecule has 0 aliphatic carbocycles. The van der Waals surface area contributed by atoms with E-state index in [1.807, 2.05) is 55.2 Å². The zero-order chi connectivity index (χ0) is 38.1. The van der Waals surface area contributed by atoms with Crippen molar-refractivity contribution < 1.29 is 0 Å². The van der Waals surface area contributed by atoms with E-state index in [2.05, 4.69) is 184 Å². The first kappa shape index (κ1) is 43.8. The van der Waals surface area contributed by atoms with Crippen molar-refractivity contribution in [2.45, 2.75) is 131 Å². The van der Waals surface area contributed by atoms with Gasteiger partial charge in [0, 0.05) is 54.5 Å². The Morgan fingerprint density at radius 2 is 0.680 bits per heavy atom. The Labute approximate surface area is 306 Å². The van der Waals surface area contributed by atoms with E-state index in [0.29, 0.717) is 5.41 Å². The molecular formula is C46H66N4. The van der Waals surface area contributed by atoms with Gasteiger partial charge < -0.3 is 0 Å². The second kappa shape index (κ2) is 19.9. The van der Waals surface area contributed by atoms with E-state index in [1.165, 1.54) is 22.3 Å². The Hall–Kier alpha value is -4.18. The zero-order valence-electron chi connectivity index (χ0n) is 33.9. The van der Waals surface area contributed by atoms with Gasteiger partial charge in [-0.15, -0.1) is 0 Å². The fourth-order valence-corrected chi connectivity index (χ4v) is 4.21. The van der Waals surface area contributed by atoms with Crippen LogP contribution in [0.4, 0.5) is 0 Å². The molecule has 0 saturated carbocycles. The van der Waals surface area contributed by atoms with Gasteiger partial charge in [-0.2, -0.15) is 0 Å². The summed E-state index contributed by atoms with van der Waals surface area (Å²) in [5, 5.41) is 0. The first-order chi connectivity index (χ1) is 23.0. The maximum atomic E-state index is 4.25. The highest BCUT2D eigenvalue weighted by molar-refractivity contribution is 5.22. The Balaban J connectivity index is 0.000000312. The lowest BCUT2D eigenvalue weighted by atomic mass is 9.87. The number of nitrogens with zero attached hydrogens (tertiary/aromatic N) is 4. The van der Waals surface area contributed by atoms with Crippen molar-refractivity contribution >= 4 is 0 Å². The zero-order valence-corrected chi connectivity index (χ0v) is 33.9. The number of benzene rings is 1. The fraction of sp³-hybridized carbons (Fsp3) is 0.435. The van der Waals surface area contributed by atoms with Crippen LogP contribution >= 0.6 is 0 Å². The summed E-state index contributed by atoms with van der Waals surface area (Å²) in [6, 6.07) is 28.8. The van der Waals surface area contributed by atoms with Gasteiger partial charge in [0.25, 0.3) is 0 Å². The largest absolute Gasteiger partial charge is 0.265 e. The Bertz CT molecular complexity index is 1260. The SMILES string of the molecule is CC(C)(C)c1ccccc1.CC(C)(C)c1ccccn1.CC(C)(C)c1cccnc1.CC(C)(C)c1cccnc1.CC(C)(C)c1ccncc1. The molecule has 4 nitrogen and oxygen atoms in total. The van der Waals surface area contributed by atoms with E-state index in [1.54, 1.807) is 12.4 Å². The molecule has 4 heteroatoms. The quantitative estimate of drug-likeness (QED) is 0.164. The summed E-state index contributed by atoms with van der Waals surface area (Å²) >= 11 is 0. The summed E-state index contributed by atoms with van der Waals surface area (Å²) in [5.74, 6) is 0. The van der Waals surface area contributed by atoms with Gasteiger partial charge in [-0.05, 0) is 80.3 Å². The van der Waals surface area contributed by atoms with Gasteiger partial charge in [0.15, 0.2) is 0 Å². The van der Waals surface area contributed by atoms with E-state index in [0.717, 1.165) is 5.69 Å². The van der Waals surface area contributed by atoms with Crippen LogP contribution in [-0.4, -0.2) is 19.9 Å². The van der Waals surface area contributed by atoms with Crippen molar-refractivity contribution in [2.24, 2.45) is 0 Å². The third-order valence-electron chi connectivity index (χ3n) is 7.67. The smallest absolute Gasteiger partial charge is 0.0457 e. The van der Waals surface area contributed by atoms with Crippen LogP contribution in [0.15, 0.2) is 128 Å². The van der Waals surface area contributed by atoms with E-state index in [-0.39, 0.29) is 21.7 Å². The first-order valence-electron chi connectivity index (χ1n) is 17.7. The first-order valence-corrected chi connectivity index (χ1v) is 17.7. The van der Waals surface area contributed by atoms with Crippen molar-refractivity contribution in [1.29, 1.82) is 0 Å². The normalized spacial score (nSPS) is 11.5. The number of hydrogen-bond acceptors (Lipinski definition) is 4. The topological polar surface area (TPSA) is 51.6 Å². The van der Waals surface area contributed by atoms with Gasteiger partial charge in [0.1, 0.15) is 0 Å². The highest BCUT2D eigenvalue weighted by atomic mass is 14.7. The van der Waals surface area contributed by atoms with Crippen LogP contribution in [0, 0.1) is 0 Å². The van der Waals surface area contributed by atoms with Crippen molar-refractivity contribution in [3.63, 3.8) is 0 Å². The molecule has 0 aliphatic heterocycles. The maximum absolute atomic E-state index is 4.25. The van der Waals surface area contributed by atoms with Crippen LogP contribution in [0.5, 0.6) is 0 Å². The summed E-state index contributed by atoms with van der Waals surface area (Å²) in [4.78, 5) is 16.3. The van der Waals surface area contributed by atoms with Gasteiger partial charge >= 0.3 is 0 Å². The number of rotatable bonds is 0. The molecule has 0 aliphatic rings. The monoisotopic (exact) mass is 675 g/mol. The maximum Gasteiger partial charge on any atom is 0.0457 e. The number of aromatic nitrogens is 4. The molecule has 0 unspecified atom stereocenters. The van der Waals surface area contributed by atoms with E-state index in [9.17, 15) is 0 Å². The third kappa shape index (κ3) is 18.5. The fourth-order valence-electron chi connectivity index (χ4n) is 4.21. The van der Waals surface area contributed by atoms with Crippen molar-refractivity contribution in [2.75, 3.05) is 0 Å². The Morgan fingerprint density at radius 1 is 0.300 bits per heavy atom. The molecule has 0 fully saturated rings. The van der Waals surface area contributed by atoms with Crippen LogP contribution in [0.2, 0.25) is 0 Å². The summed E-state index contributed by atoms with van der Waals surface area (Å²) in [6.07, 6.45) is 12.9. The van der Waals surface area contributed by atoms with Crippen molar-refractivity contribution in [1.82, 2.24) is 19.9 Å². The standard InChI is InChI=1S/C10H14.4C9H13N/c1-10(2,3)9-7-5-4-6-8-9;1-9(2,3)8-4-6-10-7-5-8;2*1-9(2,3)8-5-4-6-10-7-8;1-9(2,3)8-6-4-5-7-10-8/h4-8H,1-3H3;4*4-7H,1-3H3. The molecule has 1 aromatic carbocycles. The average Bonchev–Trinajstić information content (AvgIpc) is 3.06. The molecule has 5 aromatic rings. The van der Waals surface area contributed by atoms with Crippen LogP contribution in [-0.2, 0) is 27.1 Å². The molecule has 0 bridgehead atoms. The predicted octanol–water partition coefficient (Wildman–Crippen LogP) is 12.5. The number of pyridine rings is 4. The summed E-state index contributed by atoms with van der Waals surface area (Å²) in [5.41, 5.74) is 7.64. The summed E-state index contributed by atoms with van der Waals surface area (Å²) in [6.45, 7) is 32.9. The third-order valence-corrected chi connectivity index (χ3v) is 7.67. The molecule has 0 atom stereocenters. The summed E-state index contributed by atoms with van der Waals surface area (Å²) < 4.78 is 0. The lowest BCUT2D eigenvalue weighted by Crippen LogP contribution is -2.12. The second-order valence-corrected chi connectivity index (χ2v) is 17.6. The van der Waals surface area contributed by atoms with Gasteiger partial charge in [-0.1, -0.05) is 152 Å². The second-order valence-electron chi connectivity index (χ2n) is 17.6. The Morgan fingerprint density at radius 3 is 0.920 bits per heavy atom. The molecule has 4 aromatic heterocycles. The lowest BCUT2D eigenvalue weighted by Gasteiger charge is -2.18.